The molecule has 0 amide bonds. The molecular weight excluding hydrogens is 552 g/mol. The highest BCUT2D eigenvalue weighted by atomic mass is 35.5. The smallest absolute Gasteiger partial charge is 0.229 e. The second-order valence-corrected chi connectivity index (χ2v) is 11.9. The standard InChI is InChI=1S/C27H29ClN4O2.C5H12O.CH4O/c1-17-13-23-24(20-5-4-6-21(28)8-7-20)22(9-12-33)18(2)25-26(23)31(17)10-11-32(25)27-29-14-19(15-30-27)16-34-3;1-5(2,3)6-4;1-2/h4-8,12,14-15,17,20H,9-11,13,16H2,1-3H3;1-4H3;2H,1H3. The summed E-state index contributed by atoms with van der Waals surface area (Å²) < 4.78 is 10.1. The van der Waals surface area contributed by atoms with E-state index in [0.29, 0.717) is 30.1 Å². The van der Waals surface area contributed by atoms with Crippen LogP contribution in [-0.2, 0) is 33.7 Å². The molecule has 0 spiro atoms. The van der Waals surface area contributed by atoms with E-state index in [9.17, 15) is 4.79 Å². The molecule has 3 aliphatic rings. The van der Waals surface area contributed by atoms with Gasteiger partial charge in [0.1, 0.15) is 6.29 Å². The van der Waals surface area contributed by atoms with Crippen molar-refractivity contribution in [1.29, 1.82) is 0 Å². The van der Waals surface area contributed by atoms with Crippen molar-refractivity contribution in [2.24, 2.45) is 0 Å². The number of rotatable bonds is 6. The molecule has 0 bridgehead atoms. The third-order valence-corrected chi connectivity index (χ3v) is 7.89. The molecule has 3 heterocycles. The van der Waals surface area contributed by atoms with Crippen LogP contribution in [0.2, 0.25) is 0 Å². The molecule has 1 N–H and O–H groups in total. The van der Waals surface area contributed by atoms with Gasteiger partial charge in [-0.25, -0.2) is 9.97 Å². The number of ether oxygens (including phenoxy) is 2. The second kappa shape index (κ2) is 14.9. The minimum atomic E-state index is 0.0417. The minimum Gasteiger partial charge on any atom is -0.400 e. The number of aliphatic hydroxyl groups excluding tert-OH is 1. The zero-order valence-corrected chi connectivity index (χ0v) is 26.9. The van der Waals surface area contributed by atoms with Crippen molar-refractivity contribution in [1.82, 2.24) is 9.97 Å². The number of methoxy groups -OCH3 is 2. The van der Waals surface area contributed by atoms with Gasteiger partial charge in [-0.3, -0.25) is 0 Å². The van der Waals surface area contributed by atoms with Gasteiger partial charge in [0.2, 0.25) is 5.95 Å². The summed E-state index contributed by atoms with van der Waals surface area (Å²) in [5.74, 6) is 0.743. The Morgan fingerprint density at radius 2 is 1.79 bits per heavy atom. The normalized spacial score (nSPS) is 18.8. The molecule has 0 saturated carbocycles. The summed E-state index contributed by atoms with van der Waals surface area (Å²) in [6, 6.07) is 0.394. The van der Waals surface area contributed by atoms with Crippen molar-refractivity contribution in [2.75, 3.05) is 44.2 Å². The van der Waals surface area contributed by atoms with Crippen LogP contribution < -0.4 is 9.80 Å². The Labute approximate surface area is 255 Å². The minimum absolute atomic E-state index is 0.0417. The molecule has 2 unspecified atom stereocenters. The molecule has 228 valence electrons. The largest absolute Gasteiger partial charge is 0.400 e. The van der Waals surface area contributed by atoms with Gasteiger partial charge in [0.15, 0.2) is 0 Å². The summed E-state index contributed by atoms with van der Waals surface area (Å²) in [5.41, 5.74) is 8.15. The van der Waals surface area contributed by atoms with E-state index in [1.807, 2.05) is 51.4 Å². The van der Waals surface area contributed by atoms with Crippen LogP contribution in [0.4, 0.5) is 17.3 Å². The molecule has 2 aliphatic heterocycles. The summed E-state index contributed by atoms with van der Waals surface area (Å²) >= 11 is 6.27. The number of aliphatic hydroxyl groups is 1. The lowest BCUT2D eigenvalue weighted by atomic mass is 9.83. The van der Waals surface area contributed by atoms with Gasteiger partial charge in [-0.15, -0.1) is 0 Å². The number of halogens is 1. The van der Waals surface area contributed by atoms with Crippen LogP contribution in [0.5, 0.6) is 0 Å². The maximum atomic E-state index is 11.8. The van der Waals surface area contributed by atoms with Gasteiger partial charge < -0.3 is 29.2 Å². The quantitative estimate of drug-likeness (QED) is 0.410. The van der Waals surface area contributed by atoms with E-state index in [-0.39, 0.29) is 11.5 Å². The van der Waals surface area contributed by atoms with E-state index >= 15 is 0 Å². The van der Waals surface area contributed by atoms with Crippen LogP contribution in [0.25, 0.3) is 0 Å². The number of allylic oxidation sites excluding steroid dienone is 6. The second-order valence-electron chi connectivity index (χ2n) is 11.4. The Morgan fingerprint density at radius 3 is 2.38 bits per heavy atom. The number of anilines is 3. The SMILES string of the molecule is CO.COC(C)(C)C.COCc1cnc(N2CCN3c4c(c(C5C=CC=C(Cl)C=C5)c(CC=O)c(C)c42)CC3C)nc1. The first-order chi connectivity index (χ1) is 20.1. The molecule has 1 aromatic carbocycles. The van der Waals surface area contributed by atoms with Crippen molar-refractivity contribution in [3.05, 3.63) is 75.6 Å². The molecule has 1 aliphatic carbocycles. The number of carbonyl (C=O) groups is 1. The Balaban J connectivity index is 0.000000541. The molecular formula is C33H45ClN4O4. The molecule has 5 rings (SSSR count). The number of hydrogen-bond acceptors (Lipinski definition) is 8. The van der Waals surface area contributed by atoms with Gasteiger partial charge in [0.05, 0.1) is 23.6 Å². The van der Waals surface area contributed by atoms with Gasteiger partial charge in [0, 0.05) is 75.8 Å². The first kappa shape index (κ1) is 33.5. The highest BCUT2D eigenvalue weighted by molar-refractivity contribution is 6.31. The Hall–Kier alpha value is -3.04. The fourth-order valence-electron chi connectivity index (χ4n) is 5.55. The molecule has 8 nitrogen and oxygen atoms in total. The van der Waals surface area contributed by atoms with Crippen molar-refractivity contribution < 1.29 is 19.4 Å². The molecule has 2 aromatic rings. The van der Waals surface area contributed by atoms with Crippen molar-refractivity contribution in [2.45, 2.75) is 71.6 Å². The van der Waals surface area contributed by atoms with E-state index in [1.54, 1.807) is 14.2 Å². The van der Waals surface area contributed by atoms with Crippen LogP contribution in [0, 0.1) is 6.92 Å². The van der Waals surface area contributed by atoms with Crippen LogP contribution in [0.15, 0.2) is 47.8 Å². The Morgan fingerprint density at radius 1 is 1.12 bits per heavy atom. The van der Waals surface area contributed by atoms with E-state index in [2.05, 4.69) is 45.8 Å². The number of hydrogen-bond donors (Lipinski definition) is 1. The Bertz CT molecular complexity index is 1320. The van der Waals surface area contributed by atoms with Crippen molar-refractivity contribution >= 4 is 35.2 Å². The van der Waals surface area contributed by atoms with Gasteiger partial charge >= 0.3 is 0 Å². The molecule has 9 heteroatoms. The van der Waals surface area contributed by atoms with Crippen molar-refractivity contribution in [3.8, 4) is 0 Å². The highest BCUT2D eigenvalue weighted by Crippen LogP contribution is 2.51. The monoisotopic (exact) mass is 596 g/mol. The van der Waals surface area contributed by atoms with Gasteiger partial charge in [-0.1, -0.05) is 29.8 Å². The van der Waals surface area contributed by atoms with Gasteiger partial charge in [-0.05, 0) is 75.4 Å². The predicted molar refractivity (Wildman–Crippen MR) is 171 cm³/mol. The molecule has 2 atom stereocenters. The summed E-state index contributed by atoms with van der Waals surface area (Å²) in [7, 11) is 4.37. The molecule has 1 aromatic heterocycles. The number of aromatic nitrogens is 2. The topological polar surface area (TPSA) is 88.0 Å². The van der Waals surface area contributed by atoms with Crippen LogP contribution in [-0.4, -0.2) is 67.4 Å². The maximum Gasteiger partial charge on any atom is 0.229 e. The van der Waals surface area contributed by atoms with Gasteiger partial charge in [0.25, 0.3) is 0 Å². The van der Waals surface area contributed by atoms with Crippen LogP contribution >= 0.6 is 11.6 Å². The first-order valence-corrected chi connectivity index (χ1v) is 14.6. The van der Waals surface area contributed by atoms with E-state index in [1.165, 1.54) is 16.8 Å². The lowest BCUT2D eigenvalue weighted by Gasteiger charge is -2.39. The zero-order chi connectivity index (χ0) is 31.0. The summed E-state index contributed by atoms with van der Waals surface area (Å²) in [6.45, 7) is 12.7. The van der Waals surface area contributed by atoms with E-state index < -0.39 is 0 Å². The third-order valence-electron chi connectivity index (χ3n) is 7.64. The fraction of sp³-hybridized carbons (Fsp3) is 0.485. The lowest BCUT2D eigenvalue weighted by Crippen LogP contribution is -2.42. The average Bonchev–Trinajstić information content (AvgIpc) is 3.15. The van der Waals surface area contributed by atoms with Crippen LogP contribution in [0.3, 0.4) is 0 Å². The fourth-order valence-corrected chi connectivity index (χ4v) is 5.70. The lowest BCUT2D eigenvalue weighted by molar-refractivity contribution is -0.107. The third kappa shape index (κ3) is 7.48. The molecule has 0 fully saturated rings. The number of benzene rings is 1. The Kier molecular flexibility index (Phi) is 11.9. The summed E-state index contributed by atoms with van der Waals surface area (Å²) in [6.07, 6.45) is 16.2. The van der Waals surface area contributed by atoms with Crippen molar-refractivity contribution in [3.63, 3.8) is 0 Å². The summed E-state index contributed by atoms with van der Waals surface area (Å²) in [4.78, 5) is 25.9. The number of aldehydes is 1. The molecule has 0 saturated heterocycles. The zero-order valence-electron chi connectivity index (χ0n) is 26.1. The molecule has 0 radical (unpaired) electrons. The van der Waals surface area contributed by atoms with E-state index in [0.717, 1.165) is 55.3 Å². The number of nitrogens with zero attached hydrogens (tertiary/aromatic N) is 4. The maximum absolute atomic E-state index is 11.8. The van der Waals surface area contributed by atoms with Crippen LogP contribution in [0.1, 0.15) is 61.4 Å². The van der Waals surface area contributed by atoms with E-state index in [4.69, 9.17) is 26.2 Å². The summed E-state index contributed by atoms with van der Waals surface area (Å²) in [5, 5.41) is 7.71. The average molecular weight is 597 g/mol. The first-order valence-electron chi connectivity index (χ1n) is 14.3. The highest BCUT2D eigenvalue weighted by Gasteiger charge is 2.40. The van der Waals surface area contributed by atoms with Gasteiger partial charge in [-0.2, -0.15) is 0 Å². The predicted octanol–water partition coefficient (Wildman–Crippen LogP) is 5.95. The molecule has 42 heavy (non-hydrogen) atoms. The number of carbonyl (C=O) groups excluding carboxylic acids is 1.